The van der Waals surface area contributed by atoms with Gasteiger partial charge in [-0.3, -0.25) is 18.7 Å². The van der Waals surface area contributed by atoms with Crippen molar-refractivity contribution >= 4 is 71.6 Å². The van der Waals surface area contributed by atoms with E-state index in [2.05, 4.69) is 10.3 Å². The van der Waals surface area contributed by atoms with Gasteiger partial charge in [-0.25, -0.2) is 32.5 Å². The number of nitrogens with zero attached hydrogens (tertiary/aromatic N) is 6. The van der Waals surface area contributed by atoms with Gasteiger partial charge < -0.3 is 11.6 Å². The largest absolute Gasteiger partial charge is 1.00 e. The first kappa shape index (κ1) is 38.9. The Hall–Kier alpha value is -2.55. The summed E-state index contributed by atoms with van der Waals surface area (Å²) in [6, 6.07) is 11.6. The molecule has 17 heteroatoms. The predicted molar refractivity (Wildman–Crippen MR) is 193 cm³/mol. The molecule has 0 unspecified atom stereocenters. The smallest absolute Gasteiger partial charge is 1.00 e. The van der Waals surface area contributed by atoms with Gasteiger partial charge in [0.05, 0.1) is 17.7 Å². The van der Waals surface area contributed by atoms with E-state index in [1.807, 2.05) is 45.2 Å². The van der Waals surface area contributed by atoms with Crippen LogP contribution in [0.3, 0.4) is 0 Å². The summed E-state index contributed by atoms with van der Waals surface area (Å²) in [4.78, 5) is 55.6. The van der Waals surface area contributed by atoms with Crippen LogP contribution in [-0.2, 0) is 0 Å². The average Bonchev–Trinajstić information content (AvgIpc) is 3.89. The second-order valence-electron chi connectivity index (χ2n) is 10.8. The second-order valence-corrected chi connectivity index (χ2v) is 13.3. The van der Waals surface area contributed by atoms with Crippen molar-refractivity contribution in [3.05, 3.63) is 109 Å². The summed E-state index contributed by atoms with van der Waals surface area (Å²) in [7, 11) is 5.13. The van der Waals surface area contributed by atoms with E-state index in [1.165, 1.54) is 50.4 Å². The molecule has 2 fully saturated rings. The number of aliphatic imine (C=N–C) groups is 1. The van der Waals surface area contributed by atoms with Crippen LogP contribution in [0.15, 0.2) is 72.7 Å². The molecule has 2 heterocycles. The van der Waals surface area contributed by atoms with Crippen molar-refractivity contribution in [2.45, 2.75) is 37.8 Å². The van der Waals surface area contributed by atoms with Crippen molar-refractivity contribution < 1.29 is 39.8 Å². The zero-order valence-corrected chi connectivity index (χ0v) is 32.4. The molecule has 0 bridgehead atoms. The number of nitrogens with one attached hydrogen (secondary N) is 1. The van der Waals surface area contributed by atoms with Crippen LogP contribution in [0.5, 0.6) is 0 Å². The Morgan fingerprint density at radius 2 is 1.26 bits per heavy atom. The maximum absolute atomic E-state index is 14.4. The minimum Gasteiger partial charge on any atom is -1.00 e. The Labute approximate surface area is 321 Å². The van der Waals surface area contributed by atoms with Gasteiger partial charge in [0.2, 0.25) is 0 Å². The molecule has 0 atom stereocenters. The molecule has 11 nitrogen and oxygen atoms in total. The molecule has 3 radical (unpaired) electrons. The summed E-state index contributed by atoms with van der Waals surface area (Å²) in [6.45, 7) is 0. The Kier molecular flexibility index (Phi) is 13.4. The number of hydrogen-bond acceptors (Lipinski definition) is 6. The molecular weight excluding hydrogens is 848 g/mol. The minimum atomic E-state index is -0.559. The summed E-state index contributed by atoms with van der Waals surface area (Å²) in [5.41, 5.74) is -1.60. The molecule has 2 aromatic heterocycles. The molecule has 0 amide bonds. The van der Waals surface area contributed by atoms with Crippen molar-refractivity contribution in [3.63, 3.8) is 0 Å². The van der Waals surface area contributed by atoms with Gasteiger partial charge in [0, 0.05) is 60.9 Å². The van der Waals surface area contributed by atoms with Crippen LogP contribution in [0.4, 0.5) is 20.4 Å². The summed E-state index contributed by atoms with van der Waals surface area (Å²) in [5, 5.41) is 2.79. The number of benzene rings is 2. The molecule has 4 aromatic rings. The SMILES string of the molecule is CN(C)C=Nc1cc(=O)n(C2CC2)c(=O)n1-c1ccc(I)cc1F.CNc1cc(=O)n(C2CC2)c(=O)n1-c1ccc(I)cc1F.[B].[H-].[Na+]. The number of hydrogen-bond donors (Lipinski definition) is 1. The van der Waals surface area contributed by atoms with Gasteiger partial charge >= 0.3 is 40.9 Å². The maximum atomic E-state index is 14.4. The van der Waals surface area contributed by atoms with Gasteiger partial charge in [-0.1, -0.05) is 0 Å². The molecule has 2 saturated carbocycles. The standard InChI is InChI=1S/C16H16FIN4O2.C14H13FIN3O2.B.Na.H/c1-20(2)9-19-14-8-15(23)21(11-4-5-11)16(24)22(14)13-6-3-10(18)7-12(13)17;1-17-12-7-13(20)18(9-3-4-9)14(21)19(12)11-5-2-8(16)6-10(11)15;;;/h3,6-9,11H,4-5H2,1-2H3;2,5-7,9,17H,3-4H2,1H3;;;/q;;;+1;-1. The number of halogens is 4. The number of rotatable bonds is 7. The van der Waals surface area contributed by atoms with E-state index < -0.39 is 28.6 Å². The van der Waals surface area contributed by atoms with Gasteiger partial charge in [-0.15, -0.1) is 0 Å². The Morgan fingerprint density at radius 3 is 1.68 bits per heavy atom. The molecule has 6 rings (SSSR count). The molecule has 0 aliphatic heterocycles. The third kappa shape index (κ3) is 8.74. The third-order valence-corrected chi connectivity index (χ3v) is 8.40. The van der Waals surface area contributed by atoms with Crippen molar-refractivity contribution in [2.75, 3.05) is 26.5 Å². The zero-order valence-electron chi connectivity index (χ0n) is 27.1. The van der Waals surface area contributed by atoms with Crippen LogP contribution in [0.1, 0.15) is 39.2 Å². The van der Waals surface area contributed by atoms with Gasteiger partial charge in [0.25, 0.3) is 11.1 Å². The van der Waals surface area contributed by atoms with Gasteiger partial charge in [-0.05, 0) is 107 Å². The quantitative estimate of drug-likeness (QED) is 0.129. The van der Waals surface area contributed by atoms with Crippen molar-refractivity contribution in [2.24, 2.45) is 4.99 Å². The molecule has 2 aromatic carbocycles. The first-order chi connectivity index (χ1) is 21.4. The van der Waals surface area contributed by atoms with Crippen LogP contribution < -0.4 is 57.4 Å². The second kappa shape index (κ2) is 16.2. The molecule has 47 heavy (non-hydrogen) atoms. The molecule has 0 saturated heterocycles. The van der Waals surface area contributed by atoms with Gasteiger partial charge in [0.15, 0.2) is 0 Å². The van der Waals surface area contributed by atoms with E-state index in [0.717, 1.165) is 37.4 Å². The topological polar surface area (TPSA) is 116 Å². The van der Waals surface area contributed by atoms with E-state index in [0.29, 0.717) is 0 Å². The molecule has 2 aliphatic carbocycles. The van der Waals surface area contributed by atoms with Gasteiger partial charge in [-0.2, -0.15) is 0 Å². The molecule has 1 N–H and O–H groups in total. The van der Waals surface area contributed by atoms with E-state index in [9.17, 15) is 28.0 Å². The Morgan fingerprint density at radius 1 is 0.809 bits per heavy atom. The van der Waals surface area contributed by atoms with Crippen molar-refractivity contribution in [1.29, 1.82) is 0 Å². The van der Waals surface area contributed by atoms with Crippen molar-refractivity contribution in [3.8, 4) is 11.4 Å². The summed E-state index contributed by atoms with van der Waals surface area (Å²) >= 11 is 4.00. The Bertz CT molecular complexity index is 2070. The van der Waals surface area contributed by atoms with E-state index in [1.54, 1.807) is 44.2 Å². The summed E-state index contributed by atoms with van der Waals surface area (Å²) < 4.78 is 34.9. The Balaban J connectivity index is 0.000000316. The minimum absolute atomic E-state index is 0. The average molecular weight is 878 g/mol. The van der Waals surface area contributed by atoms with Crippen LogP contribution in [0, 0.1) is 18.8 Å². The number of aromatic nitrogens is 4. The fraction of sp³-hybridized carbons (Fsp3) is 0.300. The molecule has 0 spiro atoms. The van der Waals surface area contributed by atoms with E-state index in [-0.39, 0.29) is 80.1 Å². The zero-order chi connectivity index (χ0) is 32.6. The fourth-order valence-electron chi connectivity index (χ4n) is 4.68. The first-order valence-corrected chi connectivity index (χ1v) is 16.1. The molecule has 2 aliphatic rings. The first-order valence-electron chi connectivity index (χ1n) is 14.0. The fourth-order valence-corrected chi connectivity index (χ4v) is 5.58. The molecule has 241 valence electrons. The third-order valence-electron chi connectivity index (χ3n) is 7.05. The monoisotopic (exact) mass is 878 g/mol. The van der Waals surface area contributed by atoms with Crippen LogP contribution in [0.2, 0.25) is 0 Å². The predicted octanol–water partition coefficient (Wildman–Crippen LogP) is 1.15. The van der Waals surface area contributed by atoms with Crippen LogP contribution in [-0.4, -0.2) is 59.1 Å². The summed E-state index contributed by atoms with van der Waals surface area (Å²) in [6.07, 6.45) is 4.65. The van der Waals surface area contributed by atoms with Gasteiger partial charge in [0.1, 0.15) is 23.3 Å². The number of anilines is 1. The van der Waals surface area contributed by atoms with Crippen LogP contribution in [0.25, 0.3) is 11.4 Å². The maximum Gasteiger partial charge on any atom is 1.00 e. The normalized spacial score (nSPS) is 13.7. The van der Waals surface area contributed by atoms with Crippen LogP contribution >= 0.6 is 45.2 Å². The molecular formula is C30H30BF2I2N7NaO4. The van der Waals surface area contributed by atoms with E-state index >= 15 is 0 Å². The summed E-state index contributed by atoms with van der Waals surface area (Å²) in [5.74, 6) is -0.648. The van der Waals surface area contributed by atoms with Crippen molar-refractivity contribution in [1.82, 2.24) is 23.2 Å². The van der Waals surface area contributed by atoms with E-state index in [4.69, 9.17) is 0 Å².